The minimum absolute atomic E-state index is 0.307. The van der Waals surface area contributed by atoms with E-state index in [0.29, 0.717) is 23.5 Å². The van der Waals surface area contributed by atoms with E-state index in [9.17, 15) is 4.79 Å². The molecule has 0 radical (unpaired) electrons. The van der Waals surface area contributed by atoms with Crippen molar-refractivity contribution in [2.45, 2.75) is 45.3 Å². The van der Waals surface area contributed by atoms with E-state index in [1.54, 1.807) is 0 Å². The van der Waals surface area contributed by atoms with Crippen molar-refractivity contribution in [3.63, 3.8) is 0 Å². The van der Waals surface area contributed by atoms with Gasteiger partial charge in [0.15, 0.2) is 0 Å². The summed E-state index contributed by atoms with van der Waals surface area (Å²) in [6, 6.07) is 0. The highest BCUT2D eigenvalue weighted by Gasteiger charge is 2.34. The molecule has 104 valence electrons. The molecular weight excluding hydrogens is 242 g/mol. The maximum absolute atomic E-state index is 12.2. The summed E-state index contributed by atoms with van der Waals surface area (Å²) in [4.78, 5) is 14.7. The highest BCUT2D eigenvalue weighted by molar-refractivity contribution is 8.00. The third-order valence-electron chi connectivity index (χ3n) is 4.56. The zero-order valence-corrected chi connectivity index (χ0v) is 12.8. The second-order valence-electron chi connectivity index (χ2n) is 6.26. The molecular formula is C15H27NOS. The largest absolute Gasteiger partial charge is 0.301 e. The first-order valence-electron chi connectivity index (χ1n) is 7.46. The molecule has 1 saturated carbocycles. The maximum atomic E-state index is 12.2. The van der Waals surface area contributed by atoms with Gasteiger partial charge in [0, 0.05) is 43.0 Å². The third kappa shape index (κ3) is 3.51. The molecule has 2 fully saturated rings. The van der Waals surface area contributed by atoms with Crippen molar-refractivity contribution in [2.75, 3.05) is 25.4 Å². The van der Waals surface area contributed by atoms with Crippen molar-refractivity contribution < 1.29 is 4.79 Å². The van der Waals surface area contributed by atoms with E-state index in [2.05, 4.69) is 37.4 Å². The topological polar surface area (TPSA) is 20.3 Å². The number of rotatable bonds is 3. The Kier molecular flexibility index (Phi) is 5.14. The van der Waals surface area contributed by atoms with Crippen LogP contribution in [0, 0.1) is 17.8 Å². The number of hydrogen-bond acceptors (Lipinski definition) is 3. The first kappa shape index (κ1) is 14.4. The normalized spacial score (nSPS) is 38.9. The summed E-state index contributed by atoms with van der Waals surface area (Å²) in [6.45, 7) is 10.1. The molecule has 0 aromatic rings. The first-order valence-corrected chi connectivity index (χ1v) is 8.51. The zero-order valence-electron chi connectivity index (χ0n) is 12.0. The molecule has 0 bridgehead atoms. The zero-order chi connectivity index (χ0) is 13.1. The van der Waals surface area contributed by atoms with Gasteiger partial charge in [0.2, 0.25) is 0 Å². The Hall–Kier alpha value is -0.0200. The van der Waals surface area contributed by atoms with Gasteiger partial charge in [-0.3, -0.25) is 4.79 Å². The third-order valence-corrected chi connectivity index (χ3v) is 5.93. The number of hydrogen-bond donors (Lipinski definition) is 0. The minimum atomic E-state index is 0.307. The minimum Gasteiger partial charge on any atom is -0.301 e. The predicted octanol–water partition coefficient (Wildman–Crippen LogP) is 3.07. The molecule has 4 atom stereocenters. The fraction of sp³-hybridized carbons (Fsp3) is 0.933. The number of thioether (sulfide) groups is 1. The van der Waals surface area contributed by atoms with E-state index in [1.807, 2.05) is 0 Å². The van der Waals surface area contributed by atoms with E-state index in [0.717, 1.165) is 18.2 Å². The van der Waals surface area contributed by atoms with Crippen LogP contribution >= 0.6 is 11.8 Å². The monoisotopic (exact) mass is 269 g/mol. The molecule has 2 aliphatic rings. The van der Waals surface area contributed by atoms with Crippen molar-refractivity contribution in [3.8, 4) is 0 Å². The molecule has 0 aromatic heterocycles. The molecule has 1 aliphatic carbocycles. The molecule has 3 heteroatoms. The van der Waals surface area contributed by atoms with Gasteiger partial charge in [0.25, 0.3) is 0 Å². The molecule has 4 unspecified atom stereocenters. The van der Waals surface area contributed by atoms with Gasteiger partial charge in [-0.1, -0.05) is 20.8 Å². The highest BCUT2D eigenvalue weighted by atomic mass is 32.2. The molecule has 18 heavy (non-hydrogen) atoms. The van der Waals surface area contributed by atoms with Crippen LogP contribution in [0.3, 0.4) is 0 Å². The van der Waals surface area contributed by atoms with E-state index in [-0.39, 0.29) is 0 Å². The summed E-state index contributed by atoms with van der Waals surface area (Å²) in [7, 11) is 0. The van der Waals surface area contributed by atoms with Crippen molar-refractivity contribution in [3.05, 3.63) is 0 Å². The lowest BCUT2D eigenvalue weighted by molar-refractivity contribution is -0.128. The van der Waals surface area contributed by atoms with Crippen LogP contribution in [0.15, 0.2) is 0 Å². The summed E-state index contributed by atoms with van der Waals surface area (Å²) in [5.41, 5.74) is 0. The lowest BCUT2D eigenvalue weighted by Gasteiger charge is -2.38. The number of carbonyl (C=O) groups is 1. The van der Waals surface area contributed by atoms with E-state index >= 15 is 0 Å². The van der Waals surface area contributed by atoms with Gasteiger partial charge in [0.1, 0.15) is 5.78 Å². The summed E-state index contributed by atoms with van der Waals surface area (Å²) < 4.78 is 0. The predicted molar refractivity (Wildman–Crippen MR) is 79.0 cm³/mol. The van der Waals surface area contributed by atoms with E-state index in [1.165, 1.54) is 31.7 Å². The Balaban J connectivity index is 1.89. The molecule has 1 heterocycles. The molecule has 0 N–H and O–H groups in total. The lowest BCUT2D eigenvalue weighted by atomic mass is 9.74. The smallest absolute Gasteiger partial charge is 0.137 e. The van der Waals surface area contributed by atoms with Gasteiger partial charge in [-0.15, -0.1) is 0 Å². The van der Waals surface area contributed by atoms with Gasteiger partial charge in [-0.25, -0.2) is 0 Å². The molecule has 0 amide bonds. The van der Waals surface area contributed by atoms with Gasteiger partial charge >= 0.3 is 0 Å². The van der Waals surface area contributed by atoms with Crippen LogP contribution in [0.25, 0.3) is 0 Å². The fourth-order valence-electron chi connectivity index (χ4n) is 3.45. The number of ketones is 1. The average Bonchev–Trinajstić information content (AvgIpc) is 2.34. The Labute approximate surface area is 116 Å². The summed E-state index contributed by atoms with van der Waals surface area (Å²) >= 11 is 2.10. The standard InChI is InChI=1S/C15H27NOS/c1-4-13-9-16(5-6-18-13)10-14-12(3)7-11(2)8-15(14)17/h11-14H,4-10H2,1-3H3. The Morgan fingerprint density at radius 1 is 1.39 bits per heavy atom. The van der Waals surface area contributed by atoms with Crippen LogP contribution in [0.5, 0.6) is 0 Å². The number of nitrogens with zero attached hydrogens (tertiary/aromatic N) is 1. The van der Waals surface area contributed by atoms with Gasteiger partial charge in [0.05, 0.1) is 0 Å². The van der Waals surface area contributed by atoms with Crippen LogP contribution in [-0.2, 0) is 4.79 Å². The second kappa shape index (κ2) is 6.42. The quantitative estimate of drug-likeness (QED) is 0.785. The average molecular weight is 269 g/mol. The number of carbonyl (C=O) groups excluding carboxylic acids is 1. The van der Waals surface area contributed by atoms with Crippen molar-refractivity contribution in [2.24, 2.45) is 17.8 Å². The van der Waals surface area contributed by atoms with E-state index < -0.39 is 0 Å². The van der Waals surface area contributed by atoms with Gasteiger partial charge < -0.3 is 4.90 Å². The molecule has 0 aromatic carbocycles. The van der Waals surface area contributed by atoms with Crippen LogP contribution in [0.2, 0.25) is 0 Å². The van der Waals surface area contributed by atoms with Gasteiger partial charge in [-0.05, 0) is 24.7 Å². The molecule has 2 rings (SSSR count). The van der Waals surface area contributed by atoms with Crippen molar-refractivity contribution in [1.82, 2.24) is 4.90 Å². The van der Waals surface area contributed by atoms with Crippen molar-refractivity contribution >= 4 is 17.5 Å². The number of Topliss-reactive ketones (excluding diaryl/α,β-unsaturated/α-hetero) is 1. The SMILES string of the molecule is CCC1CN(CC2C(=O)CC(C)CC2C)CCS1. The van der Waals surface area contributed by atoms with Crippen LogP contribution in [0.1, 0.15) is 40.0 Å². The lowest BCUT2D eigenvalue weighted by Crippen LogP contribution is -2.45. The Bertz CT molecular complexity index is 294. The van der Waals surface area contributed by atoms with Crippen LogP contribution < -0.4 is 0 Å². The molecule has 1 saturated heterocycles. The van der Waals surface area contributed by atoms with Crippen LogP contribution in [0.4, 0.5) is 0 Å². The molecule has 2 nitrogen and oxygen atoms in total. The van der Waals surface area contributed by atoms with Gasteiger partial charge in [-0.2, -0.15) is 11.8 Å². The maximum Gasteiger partial charge on any atom is 0.137 e. The molecule has 1 aliphatic heterocycles. The summed E-state index contributed by atoms with van der Waals surface area (Å²) in [6.07, 6.45) is 3.30. The van der Waals surface area contributed by atoms with Crippen LogP contribution in [-0.4, -0.2) is 41.3 Å². The highest BCUT2D eigenvalue weighted by Crippen LogP contribution is 2.32. The van der Waals surface area contributed by atoms with Crippen molar-refractivity contribution in [1.29, 1.82) is 0 Å². The molecule has 0 spiro atoms. The summed E-state index contributed by atoms with van der Waals surface area (Å²) in [5, 5.41) is 0.784. The Morgan fingerprint density at radius 2 is 2.17 bits per heavy atom. The second-order valence-corrected chi connectivity index (χ2v) is 7.66. The Morgan fingerprint density at radius 3 is 2.83 bits per heavy atom. The summed E-state index contributed by atoms with van der Waals surface area (Å²) in [5.74, 6) is 3.25. The van der Waals surface area contributed by atoms with E-state index in [4.69, 9.17) is 0 Å². The fourth-order valence-corrected chi connectivity index (χ4v) is 4.70. The first-order chi connectivity index (χ1) is 8.60.